The first-order chi connectivity index (χ1) is 11.6. The fourth-order valence-electron chi connectivity index (χ4n) is 4.09. The van der Waals surface area contributed by atoms with Crippen LogP contribution in [-0.4, -0.2) is 30.7 Å². The lowest BCUT2D eigenvalue weighted by molar-refractivity contribution is -0.0568. The molecule has 0 spiro atoms. The van der Waals surface area contributed by atoms with Gasteiger partial charge in [-0.3, -0.25) is 4.90 Å². The molecule has 0 aromatic heterocycles. The topological polar surface area (TPSA) is 21.7 Å². The molecule has 4 rings (SSSR count). The molecule has 2 aromatic rings. The molecule has 126 valence electrons. The molecule has 0 aliphatic carbocycles. The van der Waals surface area contributed by atoms with Crippen molar-refractivity contribution in [3.63, 3.8) is 0 Å². The summed E-state index contributed by atoms with van der Waals surface area (Å²) in [5, 5.41) is 0.693. The van der Waals surface area contributed by atoms with Gasteiger partial charge in [-0.05, 0) is 24.1 Å². The Balaban J connectivity index is 1.62. The normalized spacial score (nSPS) is 26.0. The molecule has 2 heterocycles. The minimum atomic E-state index is -0.153. The molecule has 0 saturated carbocycles. The standard InChI is InChI=1S/C20H22ClNO2/c1-20-13-22(10-14-6-4-3-5-7-14)11-17(20)15-8-9-18(23-2)19(21)16(15)12-24-20/h3-9,17H,10-13H2,1-2H3. The van der Waals surface area contributed by atoms with Crippen molar-refractivity contribution in [1.29, 1.82) is 0 Å². The average Bonchev–Trinajstić information content (AvgIpc) is 2.92. The summed E-state index contributed by atoms with van der Waals surface area (Å²) in [4.78, 5) is 2.48. The van der Waals surface area contributed by atoms with Crippen LogP contribution in [-0.2, 0) is 17.9 Å². The highest BCUT2D eigenvalue weighted by Crippen LogP contribution is 2.47. The van der Waals surface area contributed by atoms with E-state index in [2.05, 4.69) is 48.2 Å². The number of rotatable bonds is 3. The van der Waals surface area contributed by atoms with Gasteiger partial charge in [-0.25, -0.2) is 0 Å². The van der Waals surface area contributed by atoms with E-state index in [1.807, 2.05) is 6.07 Å². The van der Waals surface area contributed by atoms with E-state index in [1.54, 1.807) is 7.11 Å². The number of nitrogens with zero attached hydrogens (tertiary/aromatic N) is 1. The van der Waals surface area contributed by atoms with Crippen molar-refractivity contribution < 1.29 is 9.47 Å². The highest BCUT2D eigenvalue weighted by atomic mass is 35.5. The van der Waals surface area contributed by atoms with E-state index in [0.29, 0.717) is 17.5 Å². The molecule has 2 unspecified atom stereocenters. The van der Waals surface area contributed by atoms with Crippen molar-refractivity contribution in [3.05, 3.63) is 64.2 Å². The van der Waals surface area contributed by atoms with Crippen molar-refractivity contribution in [2.75, 3.05) is 20.2 Å². The number of likely N-dealkylation sites (tertiary alicyclic amines) is 1. The Labute approximate surface area is 148 Å². The lowest BCUT2D eigenvalue weighted by Gasteiger charge is -2.37. The van der Waals surface area contributed by atoms with Crippen LogP contribution in [0.1, 0.15) is 29.5 Å². The van der Waals surface area contributed by atoms with Crippen LogP contribution in [0.2, 0.25) is 5.02 Å². The van der Waals surface area contributed by atoms with Gasteiger partial charge in [0.05, 0.1) is 24.3 Å². The summed E-state index contributed by atoms with van der Waals surface area (Å²) >= 11 is 6.51. The number of ether oxygens (including phenoxy) is 2. The van der Waals surface area contributed by atoms with Gasteiger partial charge >= 0.3 is 0 Å². The number of fused-ring (bicyclic) bond motifs is 3. The van der Waals surface area contributed by atoms with E-state index in [9.17, 15) is 0 Å². The monoisotopic (exact) mass is 343 g/mol. The molecule has 24 heavy (non-hydrogen) atoms. The van der Waals surface area contributed by atoms with Crippen LogP contribution in [0.4, 0.5) is 0 Å². The van der Waals surface area contributed by atoms with Crippen molar-refractivity contribution in [1.82, 2.24) is 4.90 Å². The average molecular weight is 344 g/mol. The predicted octanol–water partition coefficient (Wildman–Crippen LogP) is 4.24. The second-order valence-corrected chi connectivity index (χ2v) is 7.34. The molecule has 0 N–H and O–H groups in total. The lowest BCUT2D eigenvalue weighted by atomic mass is 9.81. The quantitative estimate of drug-likeness (QED) is 0.832. The Bertz CT molecular complexity index is 749. The van der Waals surface area contributed by atoms with Gasteiger partial charge in [0.2, 0.25) is 0 Å². The highest BCUT2D eigenvalue weighted by Gasteiger charge is 2.48. The van der Waals surface area contributed by atoms with Crippen LogP contribution in [0, 0.1) is 0 Å². The lowest BCUT2D eigenvalue weighted by Crippen LogP contribution is -2.40. The highest BCUT2D eigenvalue weighted by molar-refractivity contribution is 6.33. The third kappa shape index (κ3) is 2.61. The van der Waals surface area contributed by atoms with E-state index >= 15 is 0 Å². The molecule has 2 atom stereocenters. The third-order valence-electron chi connectivity index (χ3n) is 5.35. The summed E-state index contributed by atoms with van der Waals surface area (Å²) in [6.45, 7) is 5.66. The van der Waals surface area contributed by atoms with Gasteiger partial charge in [0.25, 0.3) is 0 Å². The van der Waals surface area contributed by atoms with Crippen molar-refractivity contribution in [2.24, 2.45) is 0 Å². The summed E-state index contributed by atoms with van der Waals surface area (Å²) in [5.74, 6) is 1.06. The van der Waals surface area contributed by atoms with E-state index in [0.717, 1.165) is 30.9 Å². The first-order valence-corrected chi connectivity index (χ1v) is 8.74. The zero-order chi connectivity index (χ0) is 16.7. The molecule has 2 aliphatic heterocycles. The molecule has 0 radical (unpaired) electrons. The second kappa shape index (κ2) is 6.07. The molecule has 4 heteroatoms. The molecular weight excluding hydrogens is 322 g/mol. The first-order valence-electron chi connectivity index (χ1n) is 8.36. The van der Waals surface area contributed by atoms with Gasteiger partial charge in [-0.15, -0.1) is 0 Å². The minimum absolute atomic E-state index is 0.153. The van der Waals surface area contributed by atoms with Crippen molar-refractivity contribution >= 4 is 11.6 Å². The Hall–Kier alpha value is -1.55. The second-order valence-electron chi connectivity index (χ2n) is 6.96. The largest absolute Gasteiger partial charge is 0.495 e. The maximum absolute atomic E-state index is 6.51. The van der Waals surface area contributed by atoms with Crippen LogP contribution >= 0.6 is 11.6 Å². The molecule has 3 nitrogen and oxygen atoms in total. The van der Waals surface area contributed by atoms with E-state index in [1.165, 1.54) is 11.1 Å². The van der Waals surface area contributed by atoms with Crippen LogP contribution < -0.4 is 4.74 Å². The number of hydrogen-bond acceptors (Lipinski definition) is 3. The number of methoxy groups -OCH3 is 1. The van der Waals surface area contributed by atoms with E-state index in [4.69, 9.17) is 21.1 Å². The Morgan fingerprint density at radius 2 is 2.04 bits per heavy atom. The first kappa shape index (κ1) is 15.9. The minimum Gasteiger partial charge on any atom is -0.495 e. The maximum Gasteiger partial charge on any atom is 0.137 e. The van der Waals surface area contributed by atoms with E-state index in [-0.39, 0.29) is 5.60 Å². The zero-order valence-electron chi connectivity index (χ0n) is 14.1. The zero-order valence-corrected chi connectivity index (χ0v) is 14.8. The smallest absolute Gasteiger partial charge is 0.137 e. The summed E-state index contributed by atoms with van der Waals surface area (Å²) in [6.07, 6.45) is 0. The van der Waals surface area contributed by atoms with Gasteiger partial charge in [-0.2, -0.15) is 0 Å². The summed E-state index contributed by atoms with van der Waals surface area (Å²) < 4.78 is 11.6. The Morgan fingerprint density at radius 1 is 1.25 bits per heavy atom. The van der Waals surface area contributed by atoms with Crippen LogP contribution in [0.15, 0.2) is 42.5 Å². The molecule has 1 fully saturated rings. The number of halogens is 1. The predicted molar refractivity (Wildman–Crippen MR) is 95.7 cm³/mol. The molecule has 0 bridgehead atoms. The summed E-state index contributed by atoms with van der Waals surface area (Å²) in [6, 6.07) is 14.8. The molecular formula is C20H22ClNO2. The van der Waals surface area contributed by atoms with Gasteiger partial charge in [-0.1, -0.05) is 48.0 Å². The van der Waals surface area contributed by atoms with Crippen molar-refractivity contribution in [2.45, 2.75) is 31.6 Å². The molecule has 2 aliphatic rings. The van der Waals surface area contributed by atoms with Gasteiger partial charge in [0.1, 0.15) is 5.75 Å². The summed E-state index contributed by atoms with van der Waals surface area (Å²) in [7, 11) is 1.65. The third-order valence-corrected chi connectivity index (χ3v) is 5.76. The van der Waals surface area contributed by atoms with Gasteiger partial charge in [0.15, 0.2) is 0 Å². The Morgan fingerprint density at radius 3 is 2.79 bits per heavy atom. The molecule has 2 aromatic carbocycles. The van der Waals surface area contributed by atoms with Gasteiger partial charge < -0.3 is 9.47 Å². The fourth-order valence-corrected chi connectivity index (χ4v) is 4.39. The van der Waals surface area contributed by atoms with Gasteiger partial charge in [0, 0.05) is 31.1 Å². The Kier molecular flexibility index (Phi) is 4.03. The fraction of sp³-hybridized carbons (Fsp3) is 0.400. The van der Waals surface area contributed by atoms with E-state index < -0.39 is 0 Å². The molecule has 1 saturated heterocycles. The van der Waals surface area contributed by atoms with Crippen molar-refractivity contribution in [3.8, 4) is 5.75 Å². The maximum atomic E-state index is 6.51. The molecule has 0 amide bonds. The van der Waals surface area contributed by atoms with Crippen LogP contribution in [0.5, 0.6) is 5.75 Å². The van der Waals surface area contributed by atoms with Crippen LogP contribution in [0.3, 0.4) is 0 Å². The SMILES string of the molecule is COc1ccc2c(c1Cl)COC1(C)CN(Cc3ccccc3)CC21. The number of hydrogen-bond donors (Lipinski definition) is 0. The van der Waals surface area contributed by atoms with Crippen LogP contribution in [0.25, 0.3) is 0 Å². The summed E-state index contributed by atoms with van der Waals surface area (Å²) in [5.41, 5.74) is 3.58. The number of benzene rings is 2.